The van der Waals surface area contributed by atoms with Gasteiger partial charge in [0, 0.05) is 18.7 Å². The van der Waals surface area contributed by atoms with E-state index in [1.165, 1.54) is 0 Å². The molecule has 0 bridgehead atoms. The molecule has 5 heteroatoms. The summed E-state index contributed by atoms with van der Waals surface area (Å²) in [4.78, 5) is 23.5. The van der Waals surface area contributed by atoms with Crippen LogP contribution >= 0.6 is 0 Å². The van der Waals surface area contributed by atoms with Gasteiger partial charge in [-0.15, -0.1) is 0 Å². The van der Waals surface area contributed by atoms with Gasteiger partial charge in [-0.3, -0.25) is 4.79 Å². The highest BCUT2D eigenvalue weighted by molar-refractivity contribution is 5.94. The lowest BCUT2D eigenvalue weighted by Crippen LogP contribution is -2.48. The Morgan fingerprint density at radius 3 is 2.62 bits per heavy atom. The van der Waals surface area contributed by atoms with Gasteiger partial charge in [-0.25, -0.2) is 4.79 Å². The second-order valence-electron chi connectivity index (χ2n) is 4.01. The molecule has 0 aromatic carbocycles. The molecular weight excluding hydrogens is 210 g/mol. The van der Waals surface area contributed by atoms with E-state index in [1.54, 1.807) is 11.8 Å². The summed E-state index contributed by atoms with van der Waals surface area (Å²) in [6, 6.07) is -0.195. The summed E-state index contributed by atoms with van der Waals surface area (Å²) in [6.45, 7) is 2.23. The molecule has 1 aliphatic heterocycles. The first kappa shape index (κ1) is 12.7. The molecular formula is C11H17NO4. The molecule has 0 aliphatic carbocycles. The fourth-order valence-electron chi connectivity index (χ4n) is 1.97. The largest absolute Gasteiger partial charge is 0.478 e. The van der Waals surface area contributed by atoms with E-state index in [1.807, 2.05) is 0 Å². The normalized spacial score (nSPS) is 23.4. The zero-order chi connectivity index (χ0) is 12.1. The maximum atomic E-state index is 11.7. The lowest BCUT2D eigenvalue weighted by atomic mass is 9.98. The molecule has 1 rings (SSSR count). The number of hydrogen-bond acceptors (Lipinski definition) is 3. The first-order chi connectivity index (χ1) is 7.52. The summed E-state index contributed by atoms with van der Waals surface area (Å²) in [6.07, 6.45) is 3.95. The molecule has 1 fully saturated rings. The van der Waals surface area contributed by atoms with E-state index in [4.69, 9.17) is 5.11 Å². The summed E-state index contributed by atoms with van der Waals surface area (Å²) in [5.41, 5.74) is 0. The lowest BCUT2D eigenvalue weighted by molar-refractivity contribution is -0.134. The Morgan fingerprint density at radius 1 is 1.38 bits per heavy atom. The molecule has 0 saturated carbocycles. The van der Waals surface area contributed by atoms with Gasteiger partial charge in [-0.1, -0.05) is 0 Å². The van der Waals surface area contributed by atoms with E-state index in [-0.39, 0.29) is 11.9 Å². The van der Waals surface area contributed by atoms with Crippen LogP contribution in [0.3, 0.4) is 0 Å². The molecule has 5 nitrogen and oxygen atoms in total. The van der Waals surface area contributed by atoms with Crippen LogP contribution < -0.4 is 0 Å². The molecule has 0 radical (unpaired) electrons. The topological polar surface area (TPSA) is 77.8 Å². The summed E-state index contributed by atoms with van der Waals surface area (Å²) in [7, 11) is 0. The predicted octanol–water partition coefficient (Wildman–Crippen LogP) is 0.389. The van der Waals surface area contributed by atoms with Gasteiger partial charge < -0.3 is 15.1 Å². The van der Waals surface area contributed by atoms with Crippen molar-refractivity contribution < 1.29 is 19.8 Å². The maximum absolute atomic E-state index is 11.7. The first-order valence-electron chi connectivity index (χ1n) is 5.42. The highest BCUT2D eigenvalue weighted by Gasteiger charge is 2.28. The molecule has 1 heterocycles. The number of rotatable bonds is 3. The number of aliphatic carboxylic acids is 1. The highest BCUT2D eigenvalue weighted by atomic mass is 16.4. The van der Waals surface area contributed by atoms with Gasteiger partial charge in [-0.05, 0) is 26.2 Å². The lowest BCUT2D eigenvalue weighted by Gasteiger charge is -2.36. The van der Waals surface area contributed by atoms with Crippen LogP contribution in [0.1, 0.15) is 26.2 Å². The van der Waals surface area contributed by atoms with E-state index in [2.05, 4.69) is 0 Å². The number of carboxylic acid groups (broad SMARTS) is 1. The van der Waals surface area contributed by atoms with Crippen LogP contribution in [0, 0.1) is 0 Å². The van der Waals surface area contributed by atoms with Crippen LogP contribution in [0.15, 0.2) is 12.2 Å². The maximum Gasteiger partial charge on any atom is 0.328 e. The Balaban J connectivity index is 2.67. The van der Waals surface area contributed by atoms with Crippen molar-refractivity contribution >= 4 is 11.9 Å². The number of aliphatic hydroxyl groups is 1. The van der Waals surface area contributed by atoms with E-state index >= 15 is 0 Å². The van der Waals surface area contributed by atoms with Gasteiger partial charge >= 0.3 is 5.97 Å². The molecule has 0 spiro atoms. The van der Waals surface area contributed by atoms with Crippen molar-refractivity contribution in [3.8, 4) is 0 Å². The van der Waals surface area contributed by atoms with Crippen molar-refractivity contribution in [1.82, 2.24) is 4.90 Å². The number of amides is 1. The molecule has 16 heavy (non-hydrogen) atoms. The third-order valence-electron chi connectivity index (χ3n) is 2.76. The summed E-state index contributed by atoms with van der Waals surface area (Å²) >= 11 is 0. The number of aliphatic hydroxyl groups excluding tert-OH is 1. The van der Waals surface area contributed by atoms with Gasteiger partial charge in [0.05, 0.1) is 12.1 Å². The van der Waals surface area contributed by atoms with Crippen molar-refractivity contribution in [3.63, 3.8) is 0 Å². The Bertz CT molecular complexity index is 298. The summed E-state index contributed by atoms with van der Waals surface area (Å²) < 4.78 is 0. The summed E-state index contributed by atoms with van der Waals surface area (Å²) in [5, 5.41) is 18.0. The average molecular weight is 227 g/mol. The molecule has 1 aliphatic rings. The van der Waals surface area contributed by atoms with Crippen LogP contribution in [0.2, 0.25) is 0 Å². The fraction of sp³-hybridized carbons (Fsp3) is 0.636. The van der Waals surface area contributed by atoms with Gasteiger partial charge in [0.25, 0.3) is 0 Å². The molecule has 2 N–H and O–H groups in total. The third kappa shape index (κ3) is 3.34. The van der Waals surface area contributed by atoms with Crippen molar-refractivity contribution in [2.24, 2.45) is 0 Å². The molecule has 2 atom stereocenters. The van der Waals surface area contributed by atoms with Crippen LogP contribution in [0.4, 0.5) is 0 Å². The van der Waals surface area contributed by atoms with Gasteiger partial charge in [0.15, 0.2) is 0 Å². The van der Waals surface area contributed by atoms with Crippen LogP contribution in [0.5, 0.6) is 0 Å². The minimum atomic E-state index is -1.14. The van der Waals surface area contributed by atoms with E-state index in [9.17, 15) is 14.7 Å². The number of carbonyl (C=O) groups excluding carboxylic acids is 1. The molecule has 0 unspecified atom stereocenters. The van der Waals surface area contributed by atoms with Crippen LogP contribution in [-0.4, -0.2) is 45.7 Å². The van der Waals surface area contributed by atoms with Crippen LogP contribution in [0.25, 0.3) is 0 Å². The Labute approximate surface area is 94.4 Å². The monoisotopic (exact) mass is 227 g/mol. The second-order valence-corrected chi connectivity index (χ2v) is 4.01. The zero-order valence-corrected chi connectivity index (χ0v) is 9.30. The minimum Gasteiger partial charge on any atom is -0.478 e. The van der Waals surface area contributed by atoms with E-state index in [0.717, 1.165) is 31.4 Å². The number of likely N-dealkylation sites (tertiary alicyclic amines) is 1. The average Bonchev–Trinajstić information content (AvgIpc) is 2.25. The smallest absolute Gasteiger partial charge is 0.328 e. The van der Waals surface area contributed by atoms with Gasteiger partial charge in [-0.2, -0.15) is 0 Å². The summed E-state index contributed by atoms with van der Waals surface area (Å²) in [5.74, 6) is -1.48. The fourth-order valence-corrected chi connectivity index (χ4v) is 1.97. The van der Waals surface area contributed by atoms with Crippen molar-refractivity contribution in [1.29, 1.82) is 0 Å². The SMILES string of the molecule is C[C@@H](O)[C@@H]1CCCCN1C(=O)/C=C/C(=O)O. The molecule has 0 aromatic heterocycles. The molecule has 0 aromatic rings. The second kappa shape index (κ2) is 5.65. The predicted molar refractivity (Wildman–Crippen MR) is 57.8 cm³/mol. The molecule has 1 amide bonds. The van der Waals surface area contributed by atoms with E-state index < -0.39 is 12.1 Å². The zero-order valence-electron chi connectivity index (χ0n) is 9.30. The molecule has 1 saturated heterocycles. The number of nitrogens with zero attached hydrogens (tertiary/aromatic N) is 1. The first-order valence-corrected chi connectivity index (χ1v) is 5.42. The van der Waals surface area contributed by atoms with Crippen molar-refractivity contribution in [2.75, 3.05) is 6.54 Å². The minimum absolute atomic E-state index is 0.195. The standard InChI is InChI=1S/C11H17NO4/c1-8(13)9-4-2-3-7-12(9)10(14)5-6-11(15)16/h5-6,8-9,13H,2-4,7H2,1H3,(H,15,16)/b6-5+/t8-,9+/m1/s1. The molecule has 90 valence electrons. The van der Waals surface area contributed by atoms with Gasteiger partial charge in [0.2, 0.25) is 5.91 Å². The Morgan fingerprint density at radius 2 is 2.06 bits per heavy atom. The third-order valence-corrected chi connectivity index (χ3v) is 2.76. The highest BCUT2D eigenvalue weighted by Crippen LogP contribution is 2.20. The van der Waals surface area contributed by atoms with Crippen molar-refractivity contribution in [3.05, 3.63) is 12.2 Å². The number of hydrogen-bond donors (Lipinski definition) is 2. The quantitative estimate of drug-likeness (QED) is 0.684. The number of carbonyl (C=O) groups is 2. The van der Waals surface area contributed by atoms with Crippen molar-refractivity contribution in [2.45, 2.75) is 38.3 Å². The van der Waals surface area contributed by atoms with E-state index in [0.29, 0.717) is 6.54 Å². The van der Waals surface area contributed by atoms with Gasteiger partial charge in [0.1, 0.15) is 0 Å². The Hall–Kier alpha value is -1.36. The Kier molecular flexibility index (Phi) is 4.49. The van der Waals surface area contributed by atoms with Crippen LogP contribution in [-0.2, 0) is 9.59 Å². The number of carboxylic acids is 1. The number of piperidine rings is 1.